The van der Waals surface area contributed by atoms with Crippen molar-refractivity contribution in [2.24, 2.45) is 0 Å². The molecule has 0 saturated carbocycles. The molecule has 6 nitrogen and oxygen atoms in total. The van der Waals surface area contributed by atoms with Gasteiger partial charge in [-0.2, -0.15) is 0 Å². The standard InChI is InChI=1S/C15H20N4O2S2/c1-3-10-7-16-12(21-10)9-22-13-8-17-15(23-13)18-14(20)11-5-4-6-19(11)2/h7-8,11H,3-6,9H2,1-2H3,(H,17,18,20)/t11-/m0/s1. The highest BCUT2D eigenvalue weighted by Crippen LogP contribution is 2.31. The van der Waals surface area contributed by atoms with Gasteiger partial charge in [-0.1, -0.05) is 18.3 Å². The fourth-order valence-corrected chi connectivity index (χ4v) is 4.25. The number of thioether (sulfide) groups is 1. The van der Waals surface area contributed by atoms with Crippen LogP contribution in [0.1, 0.15) is 31.4 Å². The Morgan fingerprint density at radius 1 is 1.52 bits per heavy atom. The lowest BCUT2D eigenvalue weighted by atomic mass is 10.2. The molecule has 3 heterocycles. The highest BCUT2D eigenvalue weighted by molar-refractivity contribution is 8.00. The van der Waals surface area contributed by atoms with Crippen molar-refractivity contribution in [1.29, 1.82) is 0 Å². The van der Waals surface area contributed by atoms with Crippen molar-refractivity contribution in [2.45, 2.75) is 42.2 Å². The van der Waals surface area contributed by atoms with E-state index in [0.29, 0.717) is 10.9 Å². The van der Waals surface area contributed by atoms with Crippen molar-refractivity contribution in [2.75, 3.05) is 18.9 Å². The summed E-state index contributed by atoms with van der Waals surface area (Å²) in [5, 5.41) is 3.57. The molecule has 0 unspecified atom stereocenters. The lowest BCUT2D eigenvalue weighted by molar-refractivity contribution is -0.119. The smallest absolute Gasteiger partial charge is 0.243 e. The molecule has 1 aliphatic heterocycles. The van der Waals surface area contributed by atoms with E-state index in [9.17, 15) is 4.79 Å². The quantitative estimate of drug-likeness (QED) is 0.806. The van der Waals surface area contributed by atoms with Gasteiger partial charge in [0.15, 0.2) is 5.13 Å². The Kier molecular flexibility index (Phi) is 5.34. The van der Waals surface area contributed by atoms with Crippen molar-refractivity contribution in [1.82, 2.24) is 14.9 Å². The largest absolute Gasteiger partial charge is 0.445 e. The van der Waals surface area contributed by atoms with Crippen molar-refractivity contribution >= 4 is 34.1 Å². The van der Waals surface area contributed by atoms with Crippen molar-refractivity contribution < 1.29 is 9.21 Å². The number of nitrogens with one attached hydrogen (secondary N) is 1. The average molecular weight is 352 g/mol. The Balaban J connectivity index is 1.52. The van der Waals surface area contributed by atoms with E-state index in [0.717, 1.165) is 41.7 Å². The number of hydrogen-bond donors (Lipinski definition) is 1. The number of hydrogen-bond acceptors (Lipinski definition) is 7. The molecule has 23 heavy (non-hydrogen) atoms. The van der Waals surface area contributed by atoms with Gasteiger partial charge in [0.2, 0.25) is 11.8 Å². The van der Waals surface area contributed by atoms with Crippen molar-refractivity contribution in [3.8, 4) is 0 Å². The molecule has 0 aliphatic carbocycles. The van der Waals surface area contributed by atoms with Crippen LogP contribution in [0.15, 0.2) is 21.0 Å². The zero-order valence-electron chi connectivity index (χ0n) is 13.2. The molecule has 8 heteroatoms. The summed E-state index contributed by atoms with van der Waals surface area (Å²) >= 11 is 3.10. The fourth-order valence-electron chi connectivity index (χ4n) is 2.53. The van der Waals surface area contributed by atoms with Gasteiger partial charge in [-0.05, 0) is 26.4 Å². The first kappa shape index (κ1) is 16.5. The molecule has 0 bridgehead atoms. The molecule has 0 radical (unpaired) electrons. The molecular weight excluding hydrogens is 332 g/mol. The normalized spacial score (nSPS) is 18.4. The Morgan fingerprint density at radius 2 is 2.39 bits per heavy atom. The van der Waals surface area contributed by atoms with Crippen LogP contribution in [0.5, 0.6) is 0 Å². The number of aryl methyl sites for hydroxylation is 1. The molecule has 0 aromatic carbocycles. The highest BCUT2D eigenvalue weighted by Gasteiger charge is 2.28. The van der Waals surface area contributed by atoms with Crippen molar-refractivity contribution in [3.05, 3.63) is 24.0 Å². The Labute approximate surface area is 143 Å². The molecule has 1 atom stereocenters. The van der Waals surface area contributed by atoms with Gasteiger partial charge in [0, 0.05) is 6.42 Å². The molecule has 1 aliphatic rings. The van der Waals surface area contributed by atoms with Crippen LogP contribution in [0.4, 0.5) is 5.13 Å². The van der Waals surface area contributed by atoms with Crippen molar-refractivity contribution in [3.63, 3.8) is 0 Å². The summed E-state index contributed by atoms with van der Waals surface area (Å²) in [5.41, 5.74) is 0. The summed E-state index contributed by atoms with van der Waals surface area (Å²) < 4.78 is 6.62. The fraction of sp³-hybridized carbons (Fsp3) is 0.533. The van der Waals surface area contributed by atoms with Crippen LogP contribution in [-0.4, -0.2) is 40.4 Å². The summed E-state index contributed by atoms with van der Waals surface area (Å²) in [4.78, 5) is 22.8. The number of thiazole rings is 1. The highest BCUT2D eigenvalue weighted by atomic mass is 32.2. The molecule has 3 rings (SSSR count). The number of aromatic nitrogens is 2. The summed E-state index contributed by atoms with van der Waals surface area (Å²) in [7, 11) is 1.99. The predicted molar refractivity (Wildman–Crippen MR) is 91.8 cm³/mol. The topological polar surface area (TPSA) is 71.3 Å². The third-order valence-corrected chi connectivity index (χ3v) is 5.92. The van der Waals surface area contributed by atoms with Crippen LogP contribution in [0.2, 0.25) is 0 Å². The first-order valence-electron chi connectivity index (χ1n) is 7.69. The molecule has 1 fully saturated rings. The minimum absolute atomic E-state index is 0.0326. The van der Waals surface area contributed by atoms with Gasteiger partial charge in [0.25, 0.3) is 0 Å². The summed E-state index contributed by atoms with van der Waals surface area (Å²) in [6, 6.07) is -0.0326. The van der Waals surface area contributed by atoms with Crippen LogP contribution in [0.3, 0.4) is 0 Å². The average Bonchev–Trinajstić information content (AvgIpc) is 3.25. The van der Waals surface area contributed by atoms with Gasteiger partial charge in [-0.25, -0.2) is 9.97 Å². The third-order valence-electron chi connectivity index (χ3n) is 3.83. The van der Waals surface area contributed by atoms with E-state index in [-0.39, 0.29) is 11.9 Å². The van der Waals surface area contributed by atoms with Gasteiger partial charge >= 0.3 is 0 Å². The maximum absolute atomic E-state index is 12.2. The second-order valence-electron chi connectivity index (χ2n) is 5.47. The van der Waals surface area contributed by atoms with E-state index in [1.165, 1.54) is 11.3 Å². The van der Waals surface area contributed by atoms with Gasteiger partial charge in [-0.15, -0.1) is 11.8 Å². The van der Waals surface area contributed by atoms with Gasteiger partial charge in [-0.3, -0.25) is 9.69 Å². The first-order chi connectivity index (χ1) is 11.2. The number of oxazole rings is 1. The van der Waals surface area contributed by atoms with Crippen LogP contribution >= 0.6 is 23.1 Å². The molecule has 2 aromatic rings. The van der Waals surface area contributed by atoms with Crippen LogP contribution in [0.25, 0.3) is 0 Å². The van der Waals surface area contributed by atoms with E-state index >= 15 is 0 Å². The summed E-state index contributed by atoms with van der Waals surface area (Å²) in [5.74, 6) is 2.33. The number of nitrogens with zero attached hydrogens (tertiary/aromatic N) is 3. The van der Waals surface area contributed by atoms with E-state index in [4.69, 9.17) is 4.42 Å². The second-order valence-corrected chi connectivity index (χ2v) is 7.78. The molecule has 1 N–H and O–H groups in total. The maximum atomic E-state index is 12.2. The number of amides is 1. The maximum Gasteiger partial charge on any atom is 0.243 e. The van der Waals surface area contributed by atoms with Crippen LogP contribution < -0.4 is 5.32 Å². The number of anilines is 1. The minimum Gasteiger partial charge on any atom is -0.445 e. The van der Waals surface area contributed by atoms with Gasteiger partial charge in [0.1, 0.15) is 5.76 Å². The zero-order valence-corrected chi connectivity index (χ0v) is 14.9. The Bertz CT molecular complexity index is 670. The Hall–Kier alpha value is -1.38. The van der Waals surface area contributed by atoms with E-state index < -0.39 is 0 Å². The predicted octanol–water partition coefficient (Wildman–Crippen LogP) is 3.02. The lowest BCUT2D eigenvalue weighted by Gasteiger charge is -2.17. The monoisotopic (exact) mass is 352 g/mol. The lowest BCUT2D eigenvalue weighted by Crippen LogP contribution is -2.37. The molecule has 124 valence electrons. The van der Waals surface area contributed by atoms with E-state index in [2.05, 4.69) is 20.2 Å². The molecule has 2 aromatic heterocycles. The number of carbonyl (C=O) groups is 1. The molecule has 1 saturated heterocycles. The first-order valence-corrected chi connectivity index (χ1v) is 9.49. The van der Waals surface area contributed by atoms with Crippen LogP contribution in [0, 0.1) is 0 Å². The number of carbonyl (C=O) groups excluding carboxylic acids is 1. The second kappa shape index (κ2) is 7.46. The van der Waals surface area contributed by atoms with Crippen LogP contribution in [-0.2, 0) is 17.0 Å². The Morgan fingerprint density at radius 3 is 3.09 bits per heavy atom. The SMILES string of the molecule is CCc1cnc(CSc2cnc(NC(=O)[C@@H]3CCCN3C)s2)o1. The summed E-state index contributed by atoms with van der Waals surface area (Å²) in [6.45, 7) is 3.02. The summed E-state index contributed by atoms with van der Waals surface area (Å²) in [6.07, 6.45) is 6.39. The van der Waals surface area contributed by atoms with E-state index in [1.807, 2.05) is 14.0 Å². The molecule has 1 amide bonds. The molecular formula is C15H20N4O2S2. The number of rotatable bonds is 6. The third kappa shape index (κ3) is 4.13. The zero-order chi connectivity index (χ0) is 16.2. The number of likely N-dealkylation sites (tertiary alicyclic amines) is 1. The molecule has 0 spiro atoms. The van der Waals surface area contributed by atoms with Gasteiger partial charge < -0.3 is 9.73 Å². The van der Waals surface area contributed by atoms with Gasteiger partial charge in [0.05, 0.1) is 28.4 Å². The minimum atomic E-state index is -0.0326. The van der Waals surface area contributed by atoms with E-state index in [1.54, 1.807) is 24.2 Å². The number of likely N-dealkylation sites (N-methyl/N-ethyl adjacent to an activating group) is 1.